The molecule has 2 atom stereocenters. The van der Waals surface area contributed by atoms with E-state index in [-0.39, 0.29) is 18.0 Å². The van der Waals surface area contributed by atoms with Crippen LogP contribution in [0.2, 0.25) is 0 Å². The van der Waals surface area contributed by atoms with Gasteiger partial charge in [0.2, 0.25) is 0 Å². The van der Waals surface area contributed by atoms with Gasteiger partial charge in [-0.25, -0.2) is 9.07 Å². The maximum atomic E-state index is 13.3. The first-order valence-corrected chi connectivity index (χ1v) is 10.9. The first kappa shape index (κ1) is 20.1. The fraction of sp³-hybridized carbons (Fsp3) is 0.435. The van der Waals surface area contributed by atoms with Gasteiger partial charge in [0.05, 0.1) is 18.7 Å². The summed E-state index contributed by atoms with van der Waals surface area (Å²) < 4.78 is 21.0. The molecule has 31 heavy (non-hydrogen) atoms. The zero-order valence-corrected chi connectivity index (χ0v) is 17.5. The molecule has 2 fully saturated rings. The van der Waals surface area contributed by atoms with E-state index < -0.39 is 0 Å². The summed E-state index contributed by atoms with van der Waals surface area (Å²) in [6.07, 6.45) is 2.32. The Kier molecular flexibility index (Phi) is 5.90. The van der Waals surface area contributed by atoms with E-state index in [1.165, 1.54) is 17.7 Å². The van der Waals surface area contributed by atoms with Crippen molar-refractivity contribution in [1.29, 1.82) is 0 Å². The summed E-state index contributed by atoms with van der Waals surface area (Å²) in [5, 5.41) is 12.8. The normalized spacial score (nSPS) is 20.8. The third-order valence-corrected chi connectivity index (χ3v) is 6.19. The average molecular weight is 423 g/mol. The predicted octanol–water partition coefficient (Wildman–Crippen LogP) is 2.90. The van der Waals surface area contributed by atoms with Crippen molar-refractivity contribution in [3.63, 3.8) is 0 Å². The number of rotatable bonds is 6. The molecule has 5 rings (SSSR count). The molecule has 0 amide bonds. The van der Waals surface area contributed by atoms with E-state index in [2.05, 4.69) is 49.6 Å². The van der Waals surface area contributed by atoms with Crippen LogP contribution < -0.4 is 4.90 Å². The summed E-state index contributed by atoms with van der Waals surface area (Å²) in [7, 11) is 0. The third kappa shape index (κ3) is 4.45. The van der Waals surface area contributed by atoms with Crippen LogP contribution in [0.1, 0.15) is 30.3 Å². The van der Waals surface area contributed by atoms with Crippen LogP contribution in [-0.4, -0.2) is 64.0 Å². The van der Waals surface area contributed by atoms with Crippen molar-refractivity contribution < 1.29 is 9.13 Å². The van der Waals surface area contributed by atoms with Crippen LogP contribution in [0.5, 0.6) is 0 Å². The fourth-order valence-corrected chi connectivity index (χ4v) is 4.57. The number of piperazine rings is 1. The first-order valence-electron chi connectivity index (χ1n) is 10.9. The largest absolute Gasteiger partial charge is 0.376 e. The number of hydrogen-bond donors (Lipinski definition) is 0. The molecule has 0 saturated carbocycles. The molecule has 0 bridgehead atoms. The molecule has 2 aromatic carbocycles. The Bertz CT molecular complexity index is 965. The molecule has 3 heterocycles. The highest BCUT2D eigenvalue weighted by atomic mass is 19.1. The lowest BCUT2D eigenvalue weighted by atomic mass is 10.0. The van der Waals surface area contributed by atoms with Crippen molar-refractivity contribution in [2.45, 2.75) is 31.5 Å². The van der Waals surface area contributed by atoms with Crippen molar-refractivity contribution >= 4 is 5.69 Å². The number of halogens is 1. The minimum Gasteiger partial charge on any atom is -0.376 e. The Balaban J connectivity index is 1.37. The van der Waals surface area contributed by atoms with Crippen LogP contribution in [-0.2, 0) is 11.3 Å². The van der Waals surface area contributed by atoms with Gasteiger partial charge in [-0.1, -0.05) is 30.3 Å². The molecule has 7 nitrogen and oxygen atoms in total. The van der Waals surface area contributed by atoms with E-state index in [0.29, 0.717) is 6.54 Å². The molecule has 2 saturated heterocycles. The van der Waals surface area contributed by atoms with E-state index in [1.54, 1.807) is 0 Å². The number of tetrazole rings is 1. The van der Waals surface area contributed by atoms with Crippen molar-refractivity contribution in [3.05, 3.63) is 71.8 Å². The van der Waals surface area contributed by atoms with Gasteiger partial charge in [0.1, 0.15) is 5.82 Å². The molecular formula is C23H27FN6O. The number of aromatic nitrogens is 4. The highest BCUT2D eigenvalue weighted by molar-refractivity contribution is 5.46. The number of nitrogens with zero attached hydrogens (tertiary/aromatic N) is 6. The predicted molar refractivity (Wildman–Crippen MR) is 115 cm³/mol. The van der Waals surface area contributed by atoms with Crippen molar-refractivity contribution in [2.75, 3.05) is 37.7 Å². The van der Waals surface area contributed by atoms with Gasteiger partial charge in [-0.15, -0.1) is 5.10 Å². The van der Waals surface area contributed by atoms with Crippen LogP contribution >= 0.6 is 0 Å². The molecule has 0 spiro atoms. The maximum absolute atomic E-state index is 13.3. The molecule has 0 unspecified atom stereocenters. The quantitative estimate of drug-likeness (QED) is 0.609. The summed E-state index contributed by atoms with van der Waals surface area (Å²) in [4.78, 5) is 4.74. The number of hydrogen-bond acceptors (Lipinski definition) is 6. The topological polar surface area (TPSA) is 59.3 Å². The second kappa shape index (κ2) is 9.11. The molecule has 0 radical (unpaired) electrons. The van der Waals surface area contributed by atoms with Gasteiger partial charge in [0.15, 0.2) is 5.82 Å². The summed E-state index contributed by atoms with van der Waals surface area (Å²) in [6, 6.07) is 17.2. The average Bonchev–Trinajstić information content (AvgIpc) is 3.49. The van der Waals surface area contributed by atoms with Gasteiger partial charge in [-0.3, -0.25) is 4.90 Å². The molecule has 8 heteroatoms. The summed E-state index contributed by atoms with van der Waals surface area (Å²) in [6.45, 7) is 4.95. The molecule has 1 aromatic heterocycles. The Morgan fingerprint density at radius 3 is 2.48 bits per heavy atom. The number of anilines is 1. The van der Waals surface area contributed by atoms with E-state index in [4.69, 9.17) is 4.74 Å². The zero-order chi connectivity index (χ0) is 21.0. The minimum absolute atomic E-state index is 0.0204. The second-order valence-corrected chi connectivity index (χ2v) is 8.17. The minimum atomic E-state index is -0.204. The first-order chi connectivity index (χ1) is 15.3. The Labute approximate surface area is 181 Å². The highest BCUT2D eigenvalue weighted by Gasteiger charge is 2.31. The smallest absolute Gasteiger partial charge is 0.173 e. The van der Waals surface area contributed by atoms with Gasteiger partial charge in [0.25, 0.3) is 0 Å². The van der Waals surface area contributed by atoms with Crippen molar-refractivity contribution in [2.24, 2.45) is 0 Å². The Morgan fingerprint density at radius 2 is 1.77 bits per heavy atom. The molecule has 2 aliphatic rings. The lowest BCUT2D eigenvalue weighted by Gasteiger charge is -2.40. The molecule has 162 valence electrons. The van der Waals surface area contributed by atoms with Crippen LogP contribution in [0.4, 0.5) is 10.1 Å². The van der Waals surface area contributed by atoms with Crippen molar-refractivity contribution in [3.8, 4) is 0 Å². The van der Waals surface area contributed by atoms with Gasteiger partial charge in [-0.05, 0) is 53.1 Å². The molecule has 0 N–H and O–H groups in total. The zero-order valence-electron chi connectivity index (χ0n) is 17.5. The van der Waals surface area contributed by atoms with E-state index in [1.807, 2.05) is 22.9 Å². The SMILES string of the molecule is Fc1ccc(N2CCN([C@H](c3ccccc3)c3nnnn3C[C@@H]3CCCO3)CC2)cc1. The van der Waals surface area contributed by atoms with Gasteiger partial charge in [0, 0.05) is 38.5 Å². The summed E-state index contributed by atoms with van der Waals surface area (Å²) in [5.74, 6) is 0.654. The van der Waals surface area contributed by atoms with E-state index in [9.17, 15) is 4.39 Å². The summed E-state index contributed by atoms with van der Waals surface area (Å²) >= 11 is 0. The van der Waals surface area contributed by atoms with Crippen LogP contribution in [0.15, 0.2) is 54.6 Å². The van der Waals surface area contributed by atoms with E-state index in [0.717, 1.165) is 57.1 Å². The monoisotopic (exact) mass is 422 g/mol. The van der Waals surface area contributed by atoms with Crippen LogP contribution in [0.25, 0.3) is 0 Å². The summed E-state index contributed by atoms with van der Waals surface area (Å²) in [5.41, 5.74) is 2.24. The van der Waals surface area contributed by atoms with Gasteiger partial charge in [-0.2, -0.15) is 0 Å². The third-order valence-electron chi connectivity index (χ3n) is 6.19. The molecule has 2 aliphatic heterocycles. The molecule has 3 aromatic rings. The lowest BCUT2D eigenvalue weighted by molar-refractivity contribution is 0.0906. The highest BCUT2D eigenvalue weighted by Crippen LogP contribution is 2.29. The Morgan fingerprint density at radius 1 is 1.00 bits per heavy atom. The maximum Gasteiger partial charge on any atom is 0.173 e. The second-order valence-electron chi connectivity index (χ2n) is 8.17. The molecule has 0 aliphatic carbocycles. The van der Waals surface area contributed by atoms with E-state index >= 15 is 0 Å². The fourth-order valence-electron chi connectivity index (χ4n) is 4.57. The van der Waals surface area contributed by atoms with Gasteiger partial charge >= 0.3 is 0 Å². The molecular weight excluding hydrogens is 395 g/mol. The van der Waals surface area contributed by atoms with Crippen LogP contribution in [0.3, 0.4) is 0 Å². The Hall–Kier alpha value is -2.84. The van der Waals surface area contributed by atoms with Crippen LogP contribution in [0, 0.1) is 5.82 Å². The lowest BCUT2D eigenvalue weighted by Crippen LogP contribution is -2.48. The van der Waals surface area contributed by atoms with Crippen molar-refractivity contribution in [1.82, 2.24) is 25.1 Å². The number of ether oxygens (including phenoxy) is 1. The number of benzene rings is 2. The van der Waals surface area contributed by atoms with Gasteiger partial charge < -0.3 is 9.64 Å². The standard InChI is InChI=1S/C23H27FN6O/c24-19-8-10-20(11-9-19)28-12-14-29(15-13-28)22(18-5-2-1-3-6-18)23-25-26-27-30(23)17-21-7-4-16-31-21/h1-3,5-6,8-11,21-22H,4,7,12-17H2/t21-,22+/m0/s1.